The van der Waals surface area contributed by atoms with Crippen molar-refractivity contribution in [2.75, 3.05) is 7.11 Å². The average molecular weight is 205 g/mol. The summed E-state index contributed by atoms with van der Waals surface area (Å²) in [4.78, 5) is 4.54. The molecule has 0 heterocycles. The van der Waals surface area contributed by atoms with Gasteiger partial charge < -0.3 is 4.74 Å². The van der Waals surface area contributed by atoms with Crippen molar-refractivity contribution in [3.8, 4) is 5.75 Å². The van der Waals surface area contributed by atoms with E-state index in [2.05, 4.69) is 25.8 Å². The van der Waals surface area contributed by atoms with E-state index in [1.54, 1.807) is 7.11 Å². The van der Waals surface area contributed by atoms with Gasteiger partial charge in [-0.1, -0.05) is 13.8 Å². The second kappa shape index (κ2) is 5.54. The van der Waals surface area contributed by atoms with Crippen molar-refractivity contribution in [2.45, 2.75) is 27.2 Å². The fourth-order valence-electron chi connectivity index (χ4n) is 1.51. The van der Waals surface area contributed by atoms with Gasteiger partial charge in [-0.2, -0.15) is 0 Å². The van der Waals surface area contributed by atoms with Crippen molar-refractivity contribution in [1.82, 2.24) is 0 Å². The van der Waals surface area contributed by atoms with E-state index in [0.29, 0.717) is 5.92 Å². The highest BCUT2D eigenvalue weighted by molar-refractivity contribution is 5.84. The summed E-state index contributed by atoms with van der Waals surface area (Å²) < 4.78 is 5.09. The molecule has 0 spiro atoms. The Morgan fingerprint density at radius 3 is 2.33 bits per heavy atom. The lowest BCUT2D eigenvalue weighted by molar-refractivity contribution is 0.415. The molecule has 0 aliphatic rings. The number of benzene rings is 1. The van der Waals surface area contributed by atoms with Crippen molar-refractivity contribution in [3.05, 3.63) is 24.3 Å². The van der Waals surface area contributed by atoms with Gasteiger partial charge in [-0.3, -0.25) is 4.99 Å². The minimum absolute atomic E-state index is 0.659. The summed E-state index contributed by atoms with van der Waals surface area (Å²) >= 11 is 0. The fraction of sp³-hybridized carbons (Fsp3) is 0.462. The standard InChI is InChI=1S/C13H19NO/c1-10(2)9-11(3)14-12-5-7-13(15-4)8-6-12/h5-8,10H,9H2,1-4H3/b14-11-. The predicted octanol–water partition coefficient (Wildman–Crippen LogP) is 3.83. The molecule has 0 aromatic heterocycles. The molecule has 0 atom stereocenters. The zero-order valence-electron chi connectivity index (χ0n) is 9.95. The highest BCUT2D eigenvalue weighted by Crippen LogP contribution is 2.18. The van der Waals surface area contributed by atoms with Gasteiger partial charge in [0.2, 0.25) is 0 Å². The fourth-order valence-corrected chi connectivity index (χ4v) is 1.51. The highest BCUT2D eigenvalue weighted by Gasteiger charge is 1.98. The van der Waals surface area contributed by atoms with Gasteiger partial charge in [0.25, 0.3) is 0 Å². The Bertz CT molecular complexity index is 325. The molecular weight excluding hydrogens is 186 g/mol. The third kappa shape index (κ3) is 4.15. The van der Waals surface area contributed by atoms with Crippen LogP contribution < -0.4 is 4.74 Å². The Labute approximate surface area is 92.0 Å². The molecule has 1 rings (SSSR count). The summed E-state index contributed by atoms with van der Waals surface area (Å²) in [6.07, 6.45) is 1.05. The largest absolute Gasteiger partial charge is 0.497 e. The van der Waals surface area contributed by atoms with Crippen LogP contribution in [0.15, 0.2) is 29.3 Å². The predicted molar refractivity (Wildman–Crippen MR) is 65.2 cm³/mol. The molecule has 0 amide bonds. The molecule has 0 unspecified atom stereocenters. The minimum atomic E-state index is 0.659. The van der Waals surface area contributed by atoms with Gasteiger partial charge in [0.05, 0.1) is 12.8 Å². The third-order valence-electron chi connectivity index (χ3n) is 2.10. The van der Waals surface area contributed by atoms with Crippen LogP contribution in [-0.2, 0) is 0 Å². The molecule has 0 bridgehead atoms. The molecule has 15 heavy (non-hydrogen) atoms. The van der Waals surface area contributed by atoms with Crippen LogP contribution >= 0.6 is 0 Å². The molecule has 82 valence electrons. The number of hydrogen-bond donors (Lipinski definition) is 0. The quantitative estimate of drug-likeness (QED) is 0.684. The first-order chi connectivity index (χ1) is 7.11. The van der Waals surface area contributed by atoms with Crippen LogP contribution in [0, 0.1) is 5.92 Å². The molecule has 2 nitrogen and oxygen atoms in total. The summed E-state index contributed by atoms with van der Waals surface area (Å²) in [7, 11) is 1.67. The third-order valence-corrected chi connectivity index (χ3v) is 2.10. The molecule has 1 aromatic rings. The Balaban J connectivity index is 2.71. The number of rotatable bonds is 4. The summed E-state index contributed by atoms with van der Waals surface area (Å²) in [6.45, 7) is 6.48. The Morgan fingerprint density at radius 2 is 1.87 bits per heavy atom. The maximum Gasteiger partial charge on any atom is 0.119 e. The van der Waals surface area contributed by atoms with Gasteiger partial charge in [0.1, 0.15) is 5.75 Å². The molecule has 0 radical (unpaired) electrons. The SMILES string of the molecule is COc1ccc(/N=C(/C)CC(C)C)cc1. The monoisotopic (exact) mass is 205 g/mol. The van der Waals surface area contributed by atoms with Gasteiger partial charge in [-0.05, 0) is 43.5 Å². The van der Waals surface area contributed by atoms with Crippen LogP contribution in [0.3, 0.4) is 0 Å². The number of ether oxygens (including phenoxy) is 1. The van der Waals surface area contributed by atoms with Crippen LogP contribution in [-0.4, -0.2) is 12.8 Å². The topological polar surface area (TPSA) is 21.6 Å². The maximum atomic E-state index is 5.09. The van der Waals surface area contributed by atoms with Crippen LogP contribution in [0.5, 0.6) is 5.75 Å². The van der Waals surface area contributed by atoms with Crippen LogP contribution in [0.25, 0.3) is 0 Å². The number of nitrogens with zero attached hydrogens (tertiary/aromatic N) is 1. The number of hydrogen-bond acceptors (Lipinski definition) is 2. The first kappa shape index (κ1) is 11.8. The Morgan fingerprint density at radius 1 is 1.27 bits per heavy atom. The number of methoxy groups -OCH3 is 1. The van der Waals surface area contributed by atoms with E-state index in [4.69, 9.17) is 4.74 Å². The van der Waals surface area contributed by atoms with E-state index in [1.807, 2.05) is 24.3 Å². The van der Waals surface area contributed by atoms with E-state index in [9.17, 15) is 0 Å². The van der Waals surface area contributed by atoms with Gasteiger partial charge in [-0.15, -0.1) is 0 Å². The van der Waals surface area contributed by atoms with E-state index in [0.717, 1.165) is 17.9 Å². The first-order valence-electron chi connectivity index (χ1n) is 5.30. The van der Waals surface area contributed by atoms with Gasteiger partial charge in [0, 0.05) is 5.71 Å². The summed E-state index contributed by atoms with van der Waals surface area (Å²) in [5, 5.41) is 0. The lowest BCUT2D eigenvalue weighted by Gasteiger charge is -2.04. The molecule has 0 N–H and O–H groups in total. The molecule has 0 saturated heterocycles. The normalized spacial score (nSPS) is 11.9. The van der Waals surface area contributed by atoms with Crippen LogP contribution in [0.2, 0.25) is 0 Å². The summed E-state index contributed by atoms with van der Waals surface area (Å²) in [6, 6.07) is 7.81. The lowest BCUT2D eigenvalue weighted by atomic mass is 10.1. The second-order valence-corrected chi connectivity index (χ2v) is 4.14. The maximum absolute atomic E-state index is 5.09. The molecule has 1 aromatic carbocycles. The van der Waals surface area contributed by atoms with E-state index >= 15 is 0 Å². The molecular formula is C13H19NO. The van der Waals surface area contributed by atoms with Crippen molar-refractivity contribution in [1.29, 1.82) is 0 Å². The van der Waals surface area contributed by atoms with Crippen molar-refractivity contribution < 1.29 is 4.74 Å². The Hall–Kier alpha value is -1.31. The highest BCUT2D eigenvalue weighted by atomic mass is 16.5. The van der Waals surface area contributed by atoms with Crippen molar-refractivity contribution >= 4 is 11.4 Å². The van der Waals surface area contributed by atoms with Crippen LogP contribution in [0.4, 0.5) is 5.69 Å². The number of aliphatic imine (C=N–C) groups is 1. The summed E-state index contributed by atoms with van der Waals surface area (Å²) in [5.74, 6) is 1.53. The Kier molecular flexibility index (Phi) is 4.35. The van der Waals surface area contributed by atoms with Crippen molar-refractivity contribution in [2.24, 2.45) is 10.9 Å². The molecule has 2 heteroatoms. The van der Waals surface area contributed by atoms with Crippen LogP contribution in [0.1, 0.15) is 27.2 Å². The van der Waals surface area contributed by atoms with Gasteiger partial charge in [-0.25, -0.2) is 0 Å². The van der Waals surface area contributed by atoms with E-state index < -0.39 is 0 Å². The first-order valence-corrected chi connectivity index (χ1v) is 5.30. The van der Waals surface area contributed by atoms with Gasteiger partial charge >= 0.3 is 0 Å². The minimum Gasteiger partial charge on any atom is -0.497 e. The zero-order valence-corrected chi connectivity index (χ0v) is 9.95. The molecule has 0 aliphatic heterocycles. The average Bonchev–Trinajstić information content (AvgIpc) is 2.17. The van der Waals surface area contributed by atoms with Crippen molar-refractivity contribution in [3.63, 3.8) is 0 Å². The molecule has 0 saturated carbocycles. The van der Waals surface area contributed by atoms with Gasteiger partial charge in [0.15, 0.2) is 0 Å². The zero-order chi connectivity index (χ0) is 11.3. The second-order valence-electron chi connectivity index (χ2n) is 4.14. The molecule has 0 fully saturated rings. The lowest BCUT2D eigenvalue weighted by Crippen LogP contribution is -1.97. The van der Waals surface area contributed by atoms with E-state index in [1.165, 1.54) is 5.71 Å². The van der Waals surface area contributed by atoms with E-state index in [-0.39, 0.29) is 0 Å². The summed E-state index contributed by atoms with van der Waals surface area (Å²) in [5.41, 5.74) is 2.17. The smallest absolute Gasteiger partial charge is 0.119 e. The molecule has 0 aliphatic carbocycles.